The monoisotopic (exact) mass is 294 g/mol. The lowest BCUT2D eigenvalue weighted by Crippen LogP contribution is -2.46. The molecule has 1 amide bonds. The van der Waals surface area contributed by atoms with Crippen molar-refractivity contribution >= 4 is 29.3 Å². The van der Waals surface area contributed by atoms with Gasteiger partial charge in [0.25, 0.3) is 0 Å². The standard InChI is InChI=1S/C14H18N4O.ClH/c19-13(18-11-3-1-5-15-9-11)7-10-8-17-14-12(10)4-2-6-16-14;/h2,4,6,8,11,15H,1,3,5,7,9H2,(H,16,17)(H,18,19);1H. The van der Waals surface area contributed by atoms with Gasteiger partial charge in [0.1, 0.15) is 5.65 Å². The van der Waals surface area contributed by atoms with Gasteiger partial charge < -0.3 is 15.6 Å². The van der Waals surface area contributed by atoms with Crippen molar-refractivity contribution in [3.05, 3.63) is 30.1 Å². The first-order valence-electron chi connectivity index (χ1n) is 6.74. The maximum atomic E-state index is 12.0. The lowest BCUT2D eigenvalue weighted by Gasteiger charge is -2.23. The number of amides is 1. The predicted octanol–water partition coefficient (Wildman–Crippen LogP) is 1.40. The summed E-state index contributed by atoms with van der Waals surface area (Å²) in [5.41, 5.74) is 1.84. The molecule has 0 bridgehead atoms. The fourth-order valence-electron chi connectivity index (χ4n) is 2.59. The Kier molecular flexibility index (Phi) is 4.98. The maximum absolute atomic E-state index is 12.0. The second-order valence-corrected chi connectivity index (χ2v) is 5.00. The summed E-state index contributed by atoms with van der Waals surface area (Å²) < 4.78 is 0. The number of hydrogen-bond donors (Lipinski definition) is 3. The van der Waals surface area contributed by atoms with Crippen LogP contribution in [0.3, 0.4) is 0 Å². The van der Waals surface area contributed by atoms with E-state index < -0.39 is 0 Å². The zero-order valence-electron chi connectivity index (χ0n) is 11.2. The molecule has 3 N–H and O–H groups in total. The summed E-state index contributed by atoms with van der Waals surface area (Å²) in [6, 6.07) is 4.15. The average molecular weight is 295 g/mol. The molecule has 0 spiro atoms. The van der Waals surface area contributed by atoms with Gasteiger partial charge >= 0.3 is 0 Å². The van der Waals surface area contributed by atoms with Crippen molar-refractivity contribution in [2.45, 2.75) is 25.3 Å². The summed E-state index contributed by atoms with van der Waals surface area (Å²) in [6.45, 7) is 1.93. The van der Waals surface area contributed by atoms with E-state index in [-0.39, 0.29) is 24.4 Å². The number of pyridine rings is 1. The van der Waals surface area contributed by atoms with Crippen LogP contribution in [0.25, 0.3) is 11.0 Å². The quantitative estimate of drug-likeness (QED) is 0.801. The molecular weight excluding hydrogens is 276 g/mol. The first-order chi connectivity index (χ1) is 9.33. The van der Waals surface area contributed by atoms with E-state index in [2.05, 4.69) is 20.6 Å². The Bertz CT molecular complexity index is 577. The number of carbonyl (C=O) groups excluding carboxylic acids is 1. The summed E-state index contributed by atoms with van der Waals surface area (Å²) in [4.78, 5) is 19.4. The maximum Gasteiger partial charge on any atom is 0.224 e. The number of rotatable bonds is 3. The van der Waals surface area contributed by atoms with Gasteiger partial charge in [0.2, 0.25) is 5.91 Å². The molecule has 2 aromatic rings. The normalized spacial score (nSPS) is 18.5. The van der Waals surface area contributed by atoms with Gasteiger partial charge in [-0.2, -0.15) is 0 Å². The smallest absolute Gasteiger partial charge is 0.224 e. The first kappa shape index (κ1) is 14.8. The van der Waals surface area contributed by atoms with Crippen LogP contribution in [0.2, 0.25) is 0 Å². The minimum Gasteiger partial charge on any atom is -0.352 e. The highest BCUT2D eigenvalue weighted by Crippen LogP contribution is 2.16. The number of carbonyl (C=O) groups is 1. The zero-order valence-corrected chi connectivity index (χ0v) is 12.0. The second-order valence-electron chi connectivity index (χ2n) is 5.00. The number of aromatic nitrogens is 2. The molecule has 0 radical (unpaired) electrons. The number of nitrogens with one attached hydrogen (secondary N) is 3. The van der Waals surface area contributed by atoms with Crippen molar-refractivity contribution < 1.29 is 4.79 Å². The molecule has 1 unspecified atom stereocenters. The van der Waals surface area contributed by atoms with Gasteiger partial charge in [0.05, 0.1) is 6.42 Å². The minimum atomic E-state index is 0. The number of fused-ring (bicyclic) bond motifs is 1. The molecule has 1 aliphatic rings. The number of hydrogen-bond acceptors (Lipinski definition) is 3. The fraction of sp³-hybridized carbons (Fsp3) is 0.429. The highest BCUT2D eigenvalue weighted by atomic mass is 35.5. The number of H-pyrrole nitrogens is 1. The molecule has 5 nitrogen and oxygen atoms in total. The molecule has 3 heterocycles. The summed E-state index contributed by atoms with van der Waals surface area (Å²) in [5, 5.41) is 7.41. The Hall–Kier alpha value is -1.59. The Morgan fingerprint density at radius 2 is 2.40 bits per heavy atom. The molecule has 20 heavy (non-hydrogen) atoms. The van der Waals surface area contributed by atoms with E-state index in [9.17, 15) is 4.79 Å². The van der Waals surface area contributed by atoms with Gasteiger partial charge in [-0.05, 0) is 37.1 Å². The van der Waals surface area contributed by atoms with Crippen molar-refractivity contribution in [2.75, 3.05) is 13.1 Å². The largest absolute Gasteiger partial charge is 0.352 e. The molecule has 0 aromatic carbocycles. The van der Waals surface area contributed by atoms with E-state index in [4.69, 9.17) is 0 Å². The molecule has 1 saturated heterocycles. The molecule has 1 aliphatic heterocycles. The van der Waals surface area contributed by atoms with Crippen LogP contribution in [-0.2, 0) is 11.2 Å². The lowest BCUT2D eigenvalue weighted by atomic mass is 10.1. The summed E-state index contributed by atoms with van der Waals surface area (Å²) in [5.74, 6) is 0.0819. The molecule has 0 saturated carbocycles. The molecule has 3 rings (SSSR count). The number of nitrogens with zero attached hydrogens (tertiary/aromatic N) is 1. The van der Waals surface area contributed by atoms with Gasteiger partial charge in [0, 0.05) is 30.4 Å². The molecular formula is C14H19ClN4O. The van der Waals surface area contributed by atoms with E-state index in [1.54, 1.807) is 6.20 Å². The van der Waals surface area contributed by atoms with Crippen LogP contribution in [-0.4, -0.2) is 35.0 Å². The van der Waals surface area contributed by atoms with Crippen molar-refractivity contribution in [3.8, 4) is 0 Å². The molecule has 108 valence electrons. The van der Waals surface area contributed by atoms with Gasteiger partial charge in [-0.25, -0.2) is 4.98 Å². The van der Waals surface area contributed by atoms with Gasteiger partial charge in [-0.3, -0.25) is 4.79 Å². The topological polar surface area (TPSA) is 69.8 Å². The molecule has 2 aromatic heterocycles. The third-order valence-corrected chi connectivity index (χ3v) is 3.55. The van der Waals surface area contributed by atoms with E-state index in [1.807, 2.05) is 18.3 Å². The van der Waals surface area contributed by atoms with Crippen LogP contribution in [0.5, 0.6) is 0 Å². The number of piperidine rings is 1. The molecule has 1 fully saturated rings. The lowest BCUT2D eigenvalue weighted by molar-refractivity contribution is -0.121. The van der Waals surface area contributed by atoms with Gasteiger partial charge in [-0.1, -0.05) is 0 Å². The van der Waals surface area contributed by atoms with Crippen molar-refractivity contribution in [1.29, 1.82) is 0 Å². The molecule has 6 heteroatoms. The summed E-state index contributed by atoms with van der Waals surface area (Å²) >= 11 is 0. The Morgan fingerprint density at radius 3 is 3.20 bits per heavy atom. The SMILES string of the molecule is Cl.O=C(Cc1c[nH]c2ncccc12)NC1CCCNC1. The third kappa shape index (κ3) is 3.29. The Labute approximate surface area is 124 Å². The molecule has 1 atom stereocenters. The van der Waals surface area contributed by atoms with Crippen molar-refractivity contribution in [3.63, 3.8) is 0 Å². The highest BCUT2D eigenvalue weighted by Gasteiger charge is 2.16. The van der Waals surface area contributed by atoms with E-state index in [0.717, 1.165) is 42.5 Å². The summed E-state index contributed by atoms with van der Waals surface area (Å²) in [6.07, 6.45) is 6.21. The number of halogens is 1. The summed E-state index contributed by atoms with van der Waals surface area (Å²) in [7, 11) is 0. The van der Waals surface area contributed by atoms with Crippen molar-refractivity contribution in [1.82, 2.24) is 20.6 Å². The molecule has 0 aliphatic carbocycles. The predicted molar refractivity (Wildman–Crippen MR) is 81.1 cm³/mol. The fourth-order valence-corrected chi connectivity index (χ4v) is 2.59. The van der Waals surface area contributed by atoms with Crippen LogP contribution >= 0.6 is 12.4 Å². The third-order valence-electron chi connectivity index (χ3n) is 3.55. The minimum absolute atomic E-state index is 0. The second kappa shape index (κ2) is 6.72. The van der Waals surface area contributed by atoms with Crippen LogP contribution in [0.1, 0.15) is 18.4 Å². The van der Waals surface area contributed by atoms with E-state index in [1.165, 1.54) is 0 Å². The number of aromatic amines is 1. The van der Waals surface area contributed by atoms with Crippen LogP contribution < -0.4 is 10.6 Å². The van der Waals surface area contributed by atoms with E-state index in [0.29, 0.717) is 6.42 Å². The van der Waals surface area contributed by atoms with Gasteiger partial charge in [0.15, 0.2) is 0 Å². The van der Waals surface area contributed by atoms with Crippen LogP contribution in [0.4, 0.5) is 0 Å². The average Bonchev–Trinajstić information content (AvgIpc) is 2.83. The van der Waals surface area contributed by atoms with Crippen LogP contribution in [0.15, 0.2) is 24.5 Å². The van der Waals surface area contributed by atoms with E-state index >= 15 is 0 Å². The Morgan fingerprint density at radius 1 is 1.50 bits per heavy atom. The zero-order chi connectivity index (χ0) is 13.1. The van der Waals surface area contributed by atoms with Crippen LogP contribution in [0, 0.1) is 0 Å². The Balaban J connectivity index is 0.00000147. The van der Waals surface area contributed by atoms with Crippen molar-refractivity contribution in [2.24, 2.45) is 0 Å². The van der Waals surface area contributed by atoms with Gasteiger partial charge in [-0.15, -0.1) is 12.4 Å². The highest BCUT2D eigenvalue weighted by molar-refractivity contribution is 5.87. The first-order valence-corrected chi connectivity index (χ1v) is 6.74.